The van der Waals surface area contributed by atoms with Gasteiger partial charge in [0.25, 0.3) is 0 Å². The summed E-state index contributed by atoms with van der Waals surface area (Å²) in [6.07, 6.45) is 1.30. The van der Waals surface area contributed by atoms with Gasteiger partial charge >= 0.3 is 11.8 Å². The molecule has 118 valence electrons. The first-order chi connectivity index (χ1) is 11.1. The van der Waals surface area contributed by atoms with Gasteiger partial charge in [-0.1, -0.05) is 18.2 Å². The monoisotopic (exact) mass is 315 g/mol. The van der Waals surface area contributed by atoms with Gasteiger partial charge < -0.3 is 10.1 Å². The summed E-state index contributed by atoms with van der Waals surface area (Å²) in [5.74, 6) is -1.61. The molecule has 2 rings (SSSR count). The Morgan fingerprint density at radius 2 is 1.87 bits per heavy atom. The van der Waals surface area contributed by atoms with Crippen molar-refractivity contribution in [2.24, 2.45) is 5.10 Å². The maximum Gasteiger partial charge on any atom is 0.329 e. The minimum Gasteiger partial charge on any atom is -0.497 e. The van der Waals surface area contributed by atoms with Crippen LogP contribution in [0.25, 0.3) is 0 Å². The summed E-state index contributed by atoms with van der Waals surface area (Å²) in [6.45, 7) is 0. The number of anilines is 1. The van der Waals surface area contributed by atoms with Crippen LogP contribution in [0.4, 0.5) is 10.1 Å². The number of hydrazone groups is 1. The van der Waals surface area contributed by atoms with Crippen LogP contribution < -0.4 is 15.5 Å². The summed E-state index contributed by atoms with van der Waals surface area (Å²) in [5, 5.41) is 6.05. The van der Waals surface area contributed by atoms with Gasteiger partial charge in [0, 0.05) is 11.8 Å². The van der Waals surface area contributed by atoms with Crippen molar-refractivity contribution < 1.29 is 18.7 Å². The van der Waals surface area contributed by atoms with E-state index in [4.69, 9.17) is 4.74 Å². The van der Waals surface area contributed by atoms with Crippen LogP contribution in [0.15, 0.2) is 53.6 Å². The molecule has 0 aliphatic heterocycles. The van der Waals surface area contributed by atoms with Crippen LogP contribution in [0, 0.1) is 5.82 Å². The molecule has 0 unspecified atom stereocenters. The Kier molecular flexibility index (Phi) is 5.40. The van der Waals surface area contributed by atoms with Crippen LogP contribution in [0.2, 0.25) is 0 Å². The number of nitrogens with one attached hydrogen (secondary N) is 2. The van der Waals surface area contributed by atoms with Gasteiger partial charge in [0.2, 0.25) is 0 Å². The number of amides is 2. The number of methoxy groups -OCH3 is 1. The number of halogens is 1. The van der Waals surface area contributed by atoms with Gasteiger partial charge in [0.05, 0.1) is 13.3 Å². The molecule has 2 N–H and O–H groups in total. The summed E-state index contributed by atoms with van der Waals surface area (Å²) < 4.78 is 17.7. The molecule has 0 aromatic heterocycles. The van der Waals surface area contributed by atoms with Crippen LogP contribution >= 0.6 is 0 Å². The van der Waals surface area contributed by atoms with E-state index in [1.807, 2.05) is 0 Å². The fourth-order valence-electron chi connectivity index (χ4n) is 1.65. The van der Waals surface area contributed by atoms with Crippen molar-refractivity contribution in [2.75, 3.05) is 12.4 Å². The van der Waals surface area contributed by atoms with Crippen molar-refractivity contribution in [2.45, 2.75) is 0 Å². The van der Waals surface area contributed by atoms with Crippen molar-refractivity contribution in [3.8, 4) is 5.75 Å². The highest BCUT2D eigenvalue weighted by atomic mass is 19.1. The number of hydrogen-bond acceptors (Lipinski definition) is 4. The molecule has 2 aromatic rings. The summed E-state index contributed by atoms with van der Waals surface area (Å²) in [6, 6.07) is 12.1. The molecular weight excluding hydrogens is 301 g/mol. The lowest BCUT2D eigenvalue weighted by Crippen LogP contribution is -2.32. The fourth-order valence-corrected chi connectivity index (χ4v) is 1.65. The minimum atomic E-state index is -0.925. The summed E-state index contributed by atoms with van der Waals surface area (Å²) in [7, 11) is 1.50. The lowest BCUT2D eigenvalue weighted by molar-refractivity contribution is -0.136. The Morgan fingerprint density at radius 3 is 2.57 bits per heavy atom. The van der Waals surface area contributed by atoms with Gasteiger partial charge in [-0.15, -0.1) is 0 Å². The SMILES string of the molecule is COc1cccc(NC(=O)C(=O)NN=Cc2ccc(F)cc2)c1. The van der Waals surface area contributed by atoms with Crippen molar-refractivity contribution >= 4 is 23.7 Å². The molecule has 0 radical (unpaired) electrons. The Balaban J connectivity index is 1.89. The first kappa shape index (κ1) is 16.2. The number of hydrogen-bond donors (Lipinski definition) is 2. The number of carbonyl (C=O) groups is 2. The number of nitrogens with zero attached hydrogens (tertiary/aromatic N) is 1. The average molecular weight is 315 g/mol. The number of ether oxygens (including phenoxy) is 1. The molecule has 0 fully saturated rings. The molecule has 0 atom stereocenters. The normalized spacial score (nSPS) is 10.3. The highest BCUT2D eigenvalue weighted by Gasteiger charge is 2.12. The molecule has 0 spiro atoms. The first-order valence-corrected chi connectivity index (χ1v) is 6.62. The van der Waals surface area contributed by atoms with Crippen LogP contribution in [0.5, 0.6) is 5.75 Å². The van der Waals surface area contributed by atoms with Crippen molar-refractivity contribution in [3.05, 3.63) is 59.9 Å². The number of rotatable bonds is 4. The predicted octanol–water partition coefficient (Wildman–Crippen LogP) is 1.92. The zero-order valence-corrected chi connectivity index (χ0v) is 12.2. The Labute approximate surface area is 132 Å². The Bertz CT molecular complexity index is 730. The third kappa shape index (κ3) is 4.92. The molecule has 2 amide bonds. The minimum absolute atomic E-state index is 0.371. The molecule has 6 nitrogen and oxygen atoms in total. The van der Waals surface area contributed by atoms with E-state index in [9.17, 15) is 14.0 Å². The smallest absolute Gasteiger partial charge is 0.329 e. The van der Waals surface area contributed by atoms with E-state index in [0.29, 0.717) is 17.0 Å². The second kappa shape index (κ2) is 7.69. The van der Waals surface area contributed by atoms with Crippen LogP contribution in [0.1, 0.15) is 5.56 Å². The van der Waals surface area contributed by atoms with E-state index in [1.54, 1.807) is 24.3 Å². The standard InChI is InChI=1S/C16H14FN3O3/c1-23-14-4-2-3-13(9-14)19-15(21)16(22)20-18-10-11-5-7-12(17)8-6-11/h2-10H,1H3,(H,19,21)(H,20,22). The van der Waals surface area contributed by atoms with E-state index in [0.717, 1.165) is 0 Å². The van der Waals surface area contributed by atoms with Crippen molar-refractivity contribution in [3.63, 3.8) is 0 Å². The first-order valence-electron chi connectivity index (χ1n) is 6.62. The van der Waals surface area contributed by atoms with Gasteiger partial charge in [0.1, 0.15) is 11.6 Å². The topological polar surface area (TPSA) is 79.8 Å². The van der Waals surface area contributed by atoms with Gasteiger partial charge in [-0.05, 0) is 29.8 Å². The maximum atomic E-state index is 12.7. The lowest BCUT2D eigenvalue weighted by Gasteiger charge is -2.05. The molecule has 23 heavy (non-hydrogen) atoms. The van der Waals surface area contributed by atoms with E-state index < -0.39 is 11.8 Å². The molecule has 0 heterocycles. The molecule has 0 bridgehead atoms. The second-order valence-electron chi connectivity index (χ2n) is 4.44. The van der Waals surface area contributed by atoms with E-state index in [1.165, 1.54) is 37.6 Å². The summed E-state index contributed by atoms with van der Waals surface area (Å²) >= 11 is 0. The van der Waals surface area contributed by atoms with Gasteiger partial charge in [0.15, 0.2) is 0 Å². The number of benzene rings is 2. The van der Waals surface area contributed by atoms with Gasteiger partial charge in [-0.2, -0.15) is 5.10 Å². The van der Waals surface area contributed by atoms with E-state index >= 15 is 0 Å². The molecule has 0 saturated heterocycles. The Hall–Kier alpha value is -3.22. The molecule has 7 heteroatoms. The summed E-state index contributed by atoms with van der Waals surface area (Å²) in [5.41, 5.74) is 3.09. The quantitative estimate of drug-likeness (QED) is 0.514. The number of carbonyl (C=O) groups excluding carboxylic acids is 2. The average Bonchev–Trinajstić information content (AvgIpc) is 2.56. The van der Waals surface area contributed by atoms with Gasteiger partial charge in [-0.3, -0.25) is 9.59 Å². The zero-order valence-electron chi connectivity index (χ0n) is 12.2. The highest BCUT2D eigenvalue weighted by molar-refractivity contribution is 6.39. The van der Waals surface area contributed by atoms with Crippen LogP contribution in [-0.2, 0) is 9.59 Å². The molecular formula is C16H14FN3O3. The lowest BCUT2D eigenvalue weighted by atomic mass is 10.2. The van der Waals surface area contributed by atoms with Crippen molar-refractivity contribution in [1.29, 1.82) is 0 Å². The highest BCUT2D eigenvalue weighted by Crippen LogP contribution is 2.16. The predicted molar refractivity (Wildman–Crippen MR) is 83.8 cm³/mol. The molecule has 0 aliphatic carbocycles. The molecule has 2 aromatic carbocycles. The van der Waals surface area contributed by atoms with E-state index in [2.05, 4.69) is 15.8 Å². The third-order valence-corrected chi connectivity index (χ3v) is 2.78. The van der Waals surface area contributed by atoms with Gasteiger partial charge in [-0.25, -0.2) is 9.82 Å². The van der Waals surface area contributed by atoms with Crippen molar-refractivity contribution in [1.82, 2.24) is 5.43 Å². The van der Waals surface area contributed by atoms with Crippen LogP contribution in [0.3, 0.4) is 0 Å². The second-order valence-corrected chi connectivity index (χ2v) is 4.44. The maximum absolute atomic E-state index is 12.7. The van der Waals surface area contributed by atoms with Crippen LogP contribution in [-0.4, -0.2) is 25.1 Å². The molecule has 0 aliphatic rings. The Morgan fingerprint density at radius 1 is 1.13 bits per heavy atom. The fraction of sp³-hybridized carbons (Fsp3) is 0.0625. The molecule has 0 saturated carbocycles. The third-order valence-electron chi connectivity index (χ3n) is 2.78. The van der Waals surface area contributed by atoms with E-state index in [-0.39, 0.29) is 5.82 Å². The summed E-state index contributed by atoms with van der Waals surface area (Å²) in [4.78, 5) is 23.3. The zero-order chi connectivity index (χ0) is 16.7. The largest absolute Gasteiger partial charge is 0.497 e.